The summed E-state index contributed by atoms with van der Waals surface area (Å²) in [5, 5.41) is 8.46. The quantitative estimate of drug-likeness (QED) is 0.488. The van der Waals surface area contributed by atoms with Gasteiger partial charge >= 0.3 is 0 Å². The van der Waals surface area contributed by atoms with Gasteiger partial charge in [-0.3, -0.25) is 4.72 Å². The summed E-state index contributed by atoms with van der Waals surface area (Å²) >= 11 is 0. The second-order valence-corrected chi connectivity index (χ2v) is 13.9. The third-order valence-corrected chi connectivity index (χ3v) is 10.5. The summed E-state index contributed by atoms with van der Waals surface area (Å²) in [6.45, 7) is 6.24. The van der Waals surface area contributed by atoms with Crippen molar-refractivity contribution in [3.8, 4) is 17.1 Å². The molecule has 5 aliphatic rings. The van der Waals surface area contributed by atoms with Crippen LogP contribution in [0, 0.1) is 5.92 Å². The van der Waals surface area contributed by atoms with E-state index in [1.165, 1.54) is 6.42 Å². The Bertz CT molecular complexity index is 1520. The monoisotopic (exact) mass is 580 g/mol. The van der Waals surface area contributed by atoms with Gasteiger partial charge in [-0.1, -0.05) is 5.21 Å². The van der Waals surface area contributed by atoms with Gasteiger partial charge in [0.05, 0.1) is 28.9 Å². The van der Waals surface area contributed by atoms with E-state index in [4.69, 9.17) is 14.7 Å². The Hall–Kier alpha value is -3.39. The Kier molecular flexibility index (Phi) is 6.76. The molecule has 1 N–H and O–H groups in total. The topological polar surface area (TPSA) is 144 Å². The molecule has 1 saturated carbocycles. The number of sulfonamides is 1. The summed E-state index contributed by atoms with van der Waals surface area (Å²) in [6, 6.07) is 1.84. The number of nitrogens with one attached hydrogen (secondary N) is 1. The Labute approximate surface area is 239 Å². The number of piperidine rings is 2. The molecule has 13 nitrogen and oxygen atoms in total. The predicted molar refractivity (Wildman–Crippen MR) is 154 cm³/mol. The molecular formula is C27H36N10O3S. The van der Waals surface area contributed by atoms with Gasteiger partial charge < -0.3 is 14.5 Å². The number of hydrogen-bond donors (Lipinski definition) is 1. The lowest BCUT2D eigenvalue weighted by molar-refractivity contribution is -0.0501. The van der Waals surface area contributed by atoms with Gasteiger partial charge in [0.25, 0.3) is 0 Å². The van der Waals surface area contributed by atoms with E-state index in [-0.39, 0.29) is 16.8 Å². The molecule has 0 spiro atoms. The van der Waals surface area contributed by atoms with Crippen molar-refractivity contribution in [1.82, 2.24) is 34.9 Å². The van der Waals surface area contributed by atoms with Crippen LogP contribution in [0.2, 0.25) is 0 Å². The molecule has 3 fully saturated rings. The van der Waals surface area contributed by atoms with Crippen molar-refractivity contribution in [2.75, 3.05) is 47.3 Å². The fourth-order valence-electron chi connectivity index (χ4n) is 6.05. The maximum Gasteiger partial charge on any atom is 0.238 e. The highest BCUT2D eigenvalue weighted by Gasteiger charge is 2.37. The molecule has 218 valence electrons. The standard InChI is InChI=1S/C27H36N10O3S/c1-27-9-13-35(14-10-27)24-23(16-29-25(31-24)33-41(38,39)20-6-7-20)37-18-22(32-34-37)21-8-11-28-26(30-21)36-12-2-4-19(17-36)5-3-15-40-27/h8,11,16,18-20H,2-7,9-10,12-15,17H2,1H3,(H,29,31,33). The first kappa shape index (κ1) is 26.5. The average Bonchev–Trinajstić information content (AvgIpc) is 3.74. The molecule has 8 bridgehead atoms. The Morgan fingerprint density at radius 1 is 1.00 bits per heavy atom. The smallest absolute Gasteiger partial charge is 0.238 e. The summed E-state index contributed by atoms with van der Waals surface area (Å²) in [6.07, 6.45) is 12.7. The van der Waals surface area contributed by atoms with Gasteiger partial charge in [0.1, 0.15) is 11.4 Å². The van der Waals surface area contributed by atoms with E-state index in [2.05, 4.69) is 41.7 Å². The summed E-state index contributed by atoms with van der Waals surface area (Å²) in [7, 11) is -3.50. The molecule has 3 aromatic rings. The first-order valence-corrected chi connectivity index (χ1v) is 16.2. The largest absolute Gasteiger partial charge is 0.375 e. The first-order chi connectivity index (χ1) is 19.9. The van der Waals surface area contributed by atoms with Crippen LogP contribution in [-0.2, 0) is 14.8 Å². The average molecular weight is 581 g/mol. The number of anilines is 3. The summed E-state index contributed by atoms with van der Waals surface area (Å²) < 4.78 is 36.0. The zero-order chi connectivity index (χ0) is 28.0. The van der Waals surface area contributed by atoms with Crippen LogP contribution >= 0.6 is 0 Å². The molecule has 1 atom stereocenters. The van der Waals surface area contributed by atoms with E-state index in [0.29, 0.717) is 60.7 Å². The molecule has 1 unspecified atom stereocenters. The second kappa shape index (κ2) is 10.5. The molecule has 41 heavy (non-hydrogen) atoms. The van der Waals surface area contributed by atoms with E-state index in [1.54, 1.807) is 17.1 Å². The van der Waals surface area contributed by atoms with Crippen molar-refractivity contribution in [3.05, 3.63) is 24.7 Å². The number of rotatable bonds is 3. The van der Waals surface area contributed by atoms with Crippen LogP contribution in [0.25, 0.3) is 17.1 Å². The minimum absolute atomic E-state index is 0.0691. The lowest BCUT2D eigenvalue weighted by atomic mass is 9.92. The van der Waals surface area contributed by atoms with Crippen LogP contribution in [0.1, 0.15) is 58.3 Å². The van der Waals surface area contributed by atoms with Crippen LogP contribution in [-0.4, -0.2) is 87.0 Å². The highest BCUT2D eigenvalue weighted by atomic mass is 32.2. The van der Waals surface area contributed by atoms with Gasteiger partial charge in [-0.25, -0.2) is 28.1 Å². The predicted octanol–water partition coefficient (Wildman–Crippen LogP) is 2.80. The third kappa shape index (κ3) is 5.59. The zero-order valence-corrected chi connectivity index (χ0v) is 24.1. The molecule has 2 saturated heterocycles. The van der Waals surface area contributed by atoms with Gasteiger partial charge in [0.2, 0.25) is 21.9 Å². The third-order valence-electron chi connectivity index (χ3n) is 8.72. The SMILES string of the molecule is CC12CCN(CC1)c1nc(NS(=O)(=O)C3CC3)ncc1-n1cc(nn1)-c1ccnc(n1)N1CCCC(CCCO2)C1. The van der Waals surface area contributed by atoms with Crippen molar-refractivity contribution in [1.29, 1.82) is 0 Å². The van der Waals surface area contributed by atoms with Gasteiger partial charge in [0, 0.05) is 39.0 Å². The summed E-state index contributed by atoms with van der Waals surface area (Å²) in [4.78, 5) is 22.9. The van der Waals surface area contributed by atoms with Crippen LogP contribution in [0.15, 0.2) is 24.7 Å². The summed E-state index contributed by atoms with van der Waals surface area (Å²) in [5.74, 6) is 1.98. The fraction of sp³-hybridized carbons (Fsp3) is 0.630. The molecule has 1 aliphatic carbocycles. The minimum atomic E-state index is -3.50. The lowest BCUT2D eigenvalue weighted by Crippen LogP contribution is -2.45. The molecular weight excluding hydrogens is 544 g/mol. The van der Waals surface area contributed by atoms with Gasteiger partial charge in [-0.2, -0.15) is 4.98 Å². The summed E-state index contributed by atoms with van der Waals surface area (Å²) in [5.41, 5.74) is 1.72. The molecule has 4 aliphatic heterocycles. The van der Waals surface area contributed by atoms with Crippen molar-refractivity contribution in [2.24, 2.45) is 5.92 Å². The van der Waals surface area contributed by atoms with E-state index >= 15 is 0 Å². The molecule has 0 amide bonds. The van der Waals surface area contributed by atoms with Crippen LogP contribution in [0.5, 0.6) is 0 Å². The number of fused-ring (bicyclic) bond motifs is 5. The van der Waals surface area contributed by atoms with Gasteiger partial charge in [-0.15, -0.1) is 5.10 Å². The van der Waals surface area contributed by atoms with Crippen LogP contribution in [0.4, 0.5) is 17.7 Å². The maximum absolute atomic E-state index is 12.6. The Morgan fingerprint density at radius 2 is 1.83 bits per heavy atom. The number of nitrogens with zero attached hydrogens (tertiary/aromatic N) is 9. The molecule has 0 radical (unpaired) electrons. The number of ether oxygens (including phenoxy) is 1. The van der Waals surface area contributed by atoms with Crippen molar-refractivity contribution >= 4 is 27.7 Å². The second-order valence-electron chi connectivity index (χ2n) is 11.9. The van der Waals surface area contributed by atoms with Crippen molar-refractivity contribution in [3.63, 3.8) is 0 Å². The first-order valence-electron chi connectivity index (χ1n) is 14.6. The molecule has 14 heteroatoms. The maximum atomic E-state index is 12.6. The molecule has 8 rings (SSSR count). The van der Waals surface area contributed by atoms with E-state index in [1.807, 2.05) is 12.3 Å². The zero-order valence-electron chi connectivity index (χ0n) is 23.3. The fourth-order valence-corrected chi connectivity index (χ4v) is 7.33. The highest BCUT2D eigenvalue weighted by molar-refractivity contribution is 7.93. The molecule has 3 aromatic heterocycles. The Morgan fingerprint density at radius 3 is 2.66 bits per heavy atom. The van der Waals surface area contributed by atoms with Crippen LogP contribution in [0.3, 0.4) is 0 Å². The van der Waals surface area contributed by atoms with Gasteiger partial charge in [-0.05, 0) is 70.3 Å². The van der Waals surface area contributed by atoms with E-state index < -0.39 is 10.0 Å². The highest BCUT2D eigenvalue weighted by Crippen LogP contribution is 2.34. The Balaban J connectivity index is 1.26. The number of aromatic nitrogens is 7. The lowest BCUT2D eigenvalue weighted by Gasteiger charge is -2.40. The van der Waals surface area contributed by atoms with Crippen LogP contribution < -0.4 is 14.5 Å². The van der Waals surface area contributed by atoms with E-state index in [0.717, 1.165) is 51.8 Å². The van der Waals surface area contributed by atoms with Crippen molar-refractivity contribution < 1.29 is 13.2 Å². The molecule has 0 aromatic carbocycles. The van der Waals surface area contributed by atoms with Gasteiger partial charge in [0.15, 0.2) is 5.82 Å². The number of hydrogen-bond acceptors (Lipinski definition) is 11. The minimum Gasteiger partial charge on any atom is -0.375 e. The van der Waals surface area contributed by atoms with E-state index in [9.17, 15) is 8.42 Å². The van der Waals surface area contributed by atoms with Crippen molar-refractivity contribution in [2.45, 2.75) is 69.1 Å². The molecule has 7 heterocycles. The normalized spacial score (nSPS) is 25.1.